The maximum atomic E-state index is 12.3. The van der Waals surface area contributed by atoms with Gasteiger partial charge in [0, 0.05) is 30.6 Å². The van der Waals surface area contributed by atoms with Gasteiger partial charge < -0.3 is 10.2 Å². The molecule has 5 heteroatoms. The fraction of sp³-hybridized carbons (Fsp3) is 0.706. The van der Waals surface area contributed by atoms with Crippen molar-refractivity contribution in [3.63, 3.8) is 0 Å². The van der Waals surface area contributed by atoms with E-state index in [1.807, 2.05) is 4.90 Å². The van der Waals surface area contributed by atoms with Crippen LogP contribution in [0, 0.1) is 5.92 Å². The van der Waals surface area contributed by atoms with E-state index in [9.17, 15) is 4.79 Å². The standard InChI is InChI=1S/C17H27N3OS/c1-14(11-16-5-4-10-22-16)12-18-17(21)20-9-6-15(13-20)19-7-2-3-8-19/h4-5,10,14-15H,2-3,6-9,11-13H2,1H3,(H,18,21). The summed E-state index contributed by atoms with van der Waals surface area (Å²) >= 11 is 1.80. The second-order valence-electron chi connectivity index (χ2n) is 6.71. The predicted molar refractivity (Wildman–Crippen MR) is 91.4 cm³/mol. The minimum Gasteiger partial charge on any atom is -0.338 e. The van der Waals surface area contributed by atoms with Crippen molar-refractivity contribution >= 4 is 17.4 Å². The topological polar surface area (TPSA) is 35.6 Å². The molecule has 2 aliphatic rings. The first-order chi connectivity index (χ1) is 10.7. The molecule has 2 fully saturated rings. The number of carbonyl (C=O) groups excluding carboxylic acids is 1. The number of amides is 2. The molecule has 0 aliphatic carbocycles. The van der Waals surface area contributed by atoms with Gasteiger partial charge in [0.05, 0.1) is 0 Å². The molecule has 0 spiro atoms. The van der Waals surface area contributed by atoms with E-state index in [0.29, 0.717) is 12.0 Å². The number of thiophene rings is 1. The van der Waals surface area contributed by atoms with E-state index >= 15 is 0 Å². The van der Waals surface area contributed by atoms with E-state index in [1.165, 1.54) is 30.8 Å². The average molecular weight is 321 g/mol. The second kappa shape index (κ2) is 7.47. The number of carbonyl (C=O) groups is 1. The Balaban J connectivity index is 1.38. The van der Waals surface area contributed by atoms with Crippen molar-refractivity contribution in [3.05, 3.63) is 22.4 Å². The Labute approximate surface area is 137 Å². The second-order valence-corrected chi connectivity index (χ2v) is 7.74. The van der Waals surface area contributed by atoms with Crippen LogP contribution in [-0.2, 0) is 6.42 Å². The van der Waals surface area contributed by atoms with Gasteiger partial charge in [-0.05, 0) is 56.1 Å². The third kappa shape index (κ3) is 4.02. The van der Waals surface area contributed by atoms with Crippen LogP contribution in [0.25, 0.3) is 0 Å². The molecule has 3 rings (SSSR count). The van der Waals surface area contributed by atoms with Gasteiger partial charge in [-0.15, -0.1) is 11.3 Å². The van der Waals surface area contributed by atoms with Gasteiger partial charge in [0.15, 0.2) is 0 Å². The van der Waals surface area contributed by atoms with E-state index in [2.05, 4.69) is 34.7 Å². The van der Waals surface area contributed by atoms with Gasteiger partial charge in [-0.3, -0.25) is 4.90 Å². The first kappa shape index (κ1) is 15.8. The summed E-state index contributed by atoms with van der Waals surface area (Å²) in [5.41, 5.74) is 0. The molecule has 1 aromatic heterocycles. The number of rotatable bonds is 5. The van der Waals surface area contributed by atoms with Crippen molar-refractivity contribution in [1.29, 1.82) is 0 Å². The molecule has 2 unspecified atom stereocenters. The van der Waals surface area contributed by atoms with Crippen molar-refractivity contribution < 1.29 is 4.79 Å². The van der Waals surface area contributed by atoms with Crippen LogP contribution in [0.4, 0.5) is 4.79 Å². The quantitative estimate of drug-likeness (QED) is 0.905. The Hall–Kier alpha value is -1.07. The zero-order chi connectivity index (χ0) is 15.4. The van der Waals surface area contributed by atoms with E-state index in [0.717, 1.165) is 32.5 Å². The summed E-state index contributed by atoms with van der Waals surface area (Å²) in [5, 5.41) is 5.24. The summed E-state index contributed by atoms with van der Waals surface area (Å²) < 4.78 is 0. The van der Waals surface area contributed by atoms with Crippen LogP contribution in [0.2, 0.25) is 0 Å². The molecule has 4 nitrogen and oxygen atoms in total. The van der Waals surface area contributed by atoms with Gasteiger partial charge >= 0.3 is 6.03 Å². The lowest BCUT2D eigenvalue weighted by Crippen LogP contribution is -2.42. The summed E-state index contributed by atoms with van der Waals surface area (Å²) in [6.45, 7) is 7.23. The van der Waals surface area contributed by atoms with Crippen molar-refractivity contribution in [2.45, 2.75) is 38.6 Å². The minimum absolute atomic E-state index is 0.125. The molecule has 0 aromatic carbocycles. The Morgan fingerprint density at radius 2 is 2.23 bits per heavy atom. The van der Waals surface area contributed by atoms with Crippen LogP contribution in [0.1, 0.15) is 31.1 Å². The molecule has 22 heavy (non-hydrogen) atoms. The Morgan fingerprint density at radius 3 is 2.95 bits per heavy atom. The van der Waals surface area contributed by atoms with E-state index < -0.39 is 0 Å². The molecule has 122 valence electrons. The van der Waals surface area contributed by atoms with Crippen molar-refractivity contribution in [2.75, 3.05) is 32.7 Å². The Bertz CT molecular complexity index is 470. The lowest BCUT2D eigenvalue weighted by molar-refractivity contribution is 0.197. The van der Waals surface area contributed by atoms with Crippen molar-refractivity contribution in [2.24, 2.45) is 5.92 Å². The molecule has 2 aliphatic heterocycles. The Morgan fingerprint density at radius 1 is 1.41 bits per heavy atom. The molecule has 2 amide bonds. The smallest absolute Gasteiger partial charge is 0.317 e. The third-order valence-electron chi connectivity index (χ3n) is 4.84. The van der Waals surface area contributed by atoms with Crippen LogP contribution >= 0.6 is 11.3 Å². The normalized spacial score (nSPS) is 23.9. The number of hydrogen-bond donors (Lipinski definition) is 1. The molecule has 3 heterocycles. The van der Waals surface area contributed by atoms with Gasteiger partial charge in [-0.2, -0.15) is 0 Å². The fourth-order valence-corrected chi connectivity index (χ4v) is 4.42. The summed E-state index contributed by atoms with van der Waals surface area (Å²) in [7, 11) is 0. The number of nitrogens with one attached hydrogen (secondary N) is 1. The summed E-state index contributed by atoms with van der Waals surface area (Å²) in [5.74, 6) is 0.486. The molecular weight excluding hydrogens is 294 g/mol. The predicted octanol–water partition coefficient (Wildman–Crippen LogP) is 2.81. The van der Waals surface area contributed by atoms with Crippen LogP contribution in [-0.4, -0.2) is 54.6 Å². The van der Waals surface area contributed by atoms with E-state index in [4.69, 9.17) is 0 Å². The van der Waals surface area contributed by atoms with Crippen LogP contribution < -0.4 is 5.32 Å². The number of likely N-dealkylation sites (tertiary alicyclic amines) is 2. The fourth-order valence-electron chi connectivity index (χ4n) is 3.55. The van der Waals surface area contributed by atoms with Crippen molar-refractivity contribution in [3.8, 4) is 0 Å². The first-order valence-corrected chi connectivity index (χ1v) is 9.39. The highest BCUT2D eigenvalue weighted by molar-refractivity contribution is 7.09. The zero-order valence-corrected chi connectivity index (χ0v) is 14.3. The lowest BCUT2D eigenvalue weighted by atomic mass is 10.1. The maximum Gasteiger partial charge on any atom is 0.317 e. The molecule has 2 atom stereocenters. The molecule has 1 aromatic rings. The third-order valence-corrected chi connectivity index (χ3v) is 5.74. The molecule has 0 bridgehead atoms. The lowest BCUT2D eigenvalue weighted by Gasteiger charge is -2.24. The molecular formula is C17H27N3OS. The largest absolute Gasteiger partial charge is 0.338 e. The number of nitrogens with zero attached hydrogens (tertiary/aromatic N) is 2. The minimum atomic E-state index is 0.125. The van der Waals surface area contributed by atoms with Gasteiger partial charge in [-0.25, -0.2) is 4.79 Å². The molecule has 2 saturated heterocycles. The van der Waals surface area contributed by atoms with E-state index in [1.54, 1.807) is 11.3 Å². The highest BCUT2D eigenvalue weighted by Crippen LogP contribution is 2.20. The highest BCUT2D eigenvalue weighted by Gasteiger charge is 2.31. The number of hydrogen-bond acceptors (Lipinski definition) is 3. The van der Waals surface area contributed by atoms with Gasteiger partial charge in [-0.1, -0.05) is 13.0 Å². The number of urea groups is 1. The SMILES string of the molecule is CC(CNC(=O)N1CCC(N2CCCC2)C1)Cc1cccs1. The maximum absolute atomic E-state index is 12.3. The monoisotopic (exact) mass is 321 g/mol. The molecule has 0 saturated carbocycles. The van der Waals surface area contributed by atoms with Crippen LogP contribution in [0.15, 0.2) is 17.5 Å². The Kier molecular flexibility index (Phi) is 5.37. The summed E-state index contributed by atoms with van der Waals surface area (Å²) in [4.78, 5) is 18.3. The molecule has 0 radical (unpaired) electrons. The summed E-state index contributed by atoms with van der Waals surface area (Å²) in [6, 6.07) is 4.98. The highest BCUT2D eigenvalue weighted by atomic mass is 32.1. The first-order valence-electron chi connectivity index (χ1n) is 8.51. The van der Waals surface area contributed by atoms with Crippen LogP contribution in [0.3, 0.4) is 0 Å². The van der Waals surface area contributed by atoms with E-state index in [-0.39, 0.29) is 6.03 Å². The zero-order valence-electron chi connectivity index (χ0n) is 13.5. The van der Waals surface area contributed by atoms with Crippen molar-refractivity contribution in [1.82, 2.24) is 15.1 Å². The summed E-state index contributed by atoms with van der Waals surface area (Å²) in [6.07, 6.45) is 4.83. The average Bonchev–Trinajstić information content (AvgIpc) is 3.23. The van der Waals surface area contributed by atoms with Gasteiger partial charge in [0.1, 0.15) is 0 Å². The molecule has 1 N–H and O–H groups in total. The van der Waals surface area contributed by atoms with Crippen LogP contribution in [0.5, 0.6) is 0 Å². The van der Waals surface area contributed by atoms with Gasteiger partial charge in [0.25, 0.3) is 0 Å². The van der Waals surface area contributed by atoms with Gasteiger partial charge in [0.2, 0.25) is 0 Å².